The molecule has 2 aromatic carbocycles. The molecule has 1 aromatic heterocycles. The monoisotopic (exact) mass is 435 g/mol. The summed E-state index contributed by atoms with van der Waals surface area (Å²) in [6.07, 6.45) is 2.20. The largest absolute Gasteiger partial charge is 0.497 e. The molecule has 2 heterocycles. The molecule has 2 unspecified atom stereocenters. The third-order valence-corrected chi connectivity index (χ3v) is 5.78. The normalized spacial score (nSPS) is 16.8. The third kappa shape index (κ3) is 4.30. The standard InChI is InChI=1S/C24H25N3O5/c1-31-18-9-7-17(8-10-18)27-14-16(12-22(27)28)23(29)26-21(24(30)32-2)11-15-13-25-20-6-4-3-5-19(15)20/h3-10,13,16,21,25H,11-12,14H2,1-2H3,(H,26,29). The molecule has 1 aliphatic rings. The van der Waals surface area contributed by atoms with Gasteiger partial charge in [0.1, 0.15) is 11.8 Å². The van der Waals surface area contributed by atoms with E-state index >= 15 is 0 Å². The predicted octanol–water partition coefficient (Wildman–Crippen LogP) is 2.43. The number of carbonyl (C=O) groups excluding carboxylic acids is 3. The van der Waals surface area contributed by atoms with Gasteiger partial charge in [0.2, 0.25) is 11.8 Å². The van der Waals surface area contributed by atoms with E-state index in [1.165, 1.54) is 7.11 Å². The quantitative estimate of drug-likeness (QED) is 0.555. The van der Waals surface area contributed by atoms with Gasteiger partial charge in [0.05, 0.1) is 20.1 Å². The topological polar surface area (TPSA) is 101 Å². The lowest BCUT2D eigenvalue weighted by Crippen LogP contribution is -2.46. The maximum Gasteiger partial charge on any atom is 0.328 e. The van der Waals surface area contributed by atoms with Gasteiger partial charge in [-0.15, -0.1) is 0 Å². The van der Waals surface area contributed by atoms with Crippen LogP contribution in [0.3, 0.4) is 0 Å². The molecule has 8 nitrogen and oxygen atoms in total. The summed E-state index contributed by atoms with van der Waals surface area (Å²) < 4.78 is 10.1. The molecular weight excluding hydrogens is 410 g/mol. The van der Waals surface area contributed by atoms with Crippen LogP contribution in [-0.4, -0.2) is 49.6 Å². The molecule has 0 spiro atoms. The lowest BCUT2D eigenvalue weighted by Gasteiger charge is -2.20. The van der Waals surface area contributed by atoms with Crippen molar-refractivity contribution < 1.29 is 23.9 Å². The highest BCUT2D eigenvalue weighted by Gasteiger charge is 2.37. The van der Waals surface area contributed by atoms with Crippen molar-refractivity contribution in [1.82, 2.24) is 10.3 Å². The van der Waals surface area contributed by atoms with Crippen LogP contribution < -0.4 is 15.0 Å². The summed E-state index contributed by atoms with van der Waals surface area (Å²) in [4.78, 5) is 42.7. The number of esters is 1. The Bertz CT molecular complexity index is 1140. The van der Waals surface area contributed by atoms with Crippen LogP contribution >= 0.6 is 0 Å². The van der Waals surface area contributed by atoms with E-state index in [0.717, 1.165) is 16.5 Å². The van der Waals surface area contributed by atoms with Gasteiger partial charge in [-0.2, -0.15) is 0 Å². The maximum atomic E-state index is 13.0. The first-order valence-corrected chi connectivity index (χ1v) is 10.4. The molecule has 1 saturated heterocycles. The van der Waals surface area contributed by atoms with E-state index in [4.69, 9.17) is 9.47 Å². The number of anilines is 1. The number of benzene rings is 2. The Balaban J connectivity index is 1.46. The zero-order valence-corrected chi connectivity index (χ0v) is 18.0. The first-order valence-electron chi connectivity index (χ1n) is 10.4. The molecule has 0 bridgehead atoms. The Morgan fingerprint density at radius 2 is 1.91 bits per heavy atom. The second kappa shape index (κ2) is 9.13. The number of methoxy groups -OCH3 is 2. The summed E-state index contributed by atoms with van der Waals surface area (Å²) in [6.45, 7) is 0.248. The number of amides is 2. The van der Waals surface area contributed by atoms with Crippen LogP contribution in [-0.2, 0) is 25.5 Å². The lowest BCUT2D eigenvalue weighted by molar-refractivity contribution is -0.145. The van der Waals surface area contributed by atoms with Crippen LogP contribution in [0.2, 0.25) is 0 Å². The fourth-order valence-corrected chi connectivity index (χ4v) is 4.04. The molecule has 2 atom stereocenters. The van der Waals surface area contributed by atoms with Crippen molar-refractivity contribution in [3.8, 4) is 5.75 Å². The van der Waals surface area contributed by atoms with Crippen molar-refractivity contribution in [2.24, 2.45) is 5.92 Å². The van der Waals surface area contributed by atoms with Gasteiger partial charge in [-0.3, -0.25) is 9.59 Å². The van der Waals surface area contributed by atoms with Crippen LogP contribution in [0.1, 0.15) is 12.0 Å². The molecule has 2 amide bonds. The summed E-state index contributed by atoms with van der Waals surface area (Å²) in [5.41, 5.74) is 2.56. The minimum atomic E-state index is -0.850. The van der Waals surface area contributed by atoms with Gasteiger partial charge in [0.25, 0.3) is 0 Å². The lowest BCUT2D eigenvalue weighted by atomic mass is 10.0. The average molecular weight is 435 g/mol. The fourth-order valence-electron chi connectivity index (χ4n) is 4.04. The summed E-state index contributed by atoms with van der Waals surface area (Å²) in [6, 6.07) is 14.0. The molecule has 3 aromatic rings. The number of rotatable bonds is 7. The van der Waals surface area contributed by atoms with Gasteiger partial charge in [-0.1, -0.05) is 18.2 Å². The van der Waals surface area contributed by atoms with Crippen LogP contribution in [0.15, 0.2) is 54.7 Å². The fraction of sp³-hybridized carbons (Fsp3) is 0.292. The van der Waals surface area contributed by atoms with E-state index in [1.807, 2.05) is 30.5 Å². The van der Waals surface area contributed by atoms with Crippen LogP contribution in [0.4, 0.5) is 5.69 Å². The van der Waals surface area contributed by atoms with Gasteiger partial charge in [0.15, 0.2) is 0 Å². The third-order valence-electron chi connectivity index (χ3n) is 5.78. The molecule has 0 radical (unpaired) electrons. The second-order valence-electron chi connectivity index (χ2n) is 7.75. The van der Waals surface area contributed by atoms with Crippen molar-refractivity contribution in [2.75, 3.05) is 25.7 Å². The smallest absolute Gasteiger partial charge is 0.328 e. The second-order valence-corrected chi connectivity index (χ2v) is 7.75. The Morgan fingerprint density at radius 3 is 2.62 bits per heavy atom. The van der Waals surface area contributed by atoms with Crippen molar-refractivity contribution in [2.45, 2.75) is 18.9 Å². The number of fused-ring (bicyclic) bond motifs is 1. The number of aromatic amines is 1. The zero-order chi connectivity index (χ0) is 22.7. The SMILES string of the molecule is COC(=O)C(Cc1c[nH]c2ccccc12)NC(=O)C1CC(=O)N(c2ccc(OC)cc2)C1. The van der Waals surface area contributed by atoms with Gasteiger partial charge < -0.3 is 24.7 Å². The Labute approximate surface area is 185 Å². The van der Waals surface area contributed by atoms with Gasteiger partial charge in [-0.25, -0.2) is 4.79 Å². The molecule has 0 aliphatic carbocycles. The van der Waals surface area contributed by atoms with Crippen LogP contribution in [0.25, 0.3) is 10.9 Å². The number of hydrogen-bond donors (Lipinski definition) is 2. The first kappa shape index (κ1) is 21.4. The van der Waals surface area contributed by atoms with E-state index in [-0.39, 0.29) is 31.2 Å². The highest BCUT2D eigenvalue weighted by Crippen LogP contribution is 2.27. The Kier molecular flexibility index (Phi) is 6.11. The number of H-pyrrole nitrogens is 1. The van der Waals surface area contributed by atoms with Crippen molar-refractivity contribution in [3.63, 3.8) is 0 Å². The molecule has 4 rings (SSSR count). The van der Waals surface area contributed by atoms with Crippen LogP contribution in [0, 0.1) is 5.92 Å². The highest BCUT2D eigenvalue weighted by atomic mass is 16.5. The number of aromatic nitrogens is 1. The van der Waals surface area contributed by atoms with Crippen LogP contribution in [0.5, 0.6) is 5.75 Å². The Morgan fingerprint density at radius 1 is 1.16 bits per heavy atom. The summed E-state index contributed by atoms with van der Waals surface area (Å²) >= 11 is 0. The summed E-state index contributed by atoms with van der Waals surface area (Å²) in [5.74, 6) is -0.876. The minimum absolute atomic E-state index is 0.0822. The van der Waals surface area contributed by atoms with E-state index < -0.39 is 17.9 Å². The molecule has 0 saturated carbocycles. The summed E-state index contributed by atoms with van der Waals surface area (Å²) in [5, 5.41) is 3.78. The van der Waals surface area contributed by atoms with Gasteiger partial charge >= 0.3 is 5.97 Å². The van der Waals surface area contributed by atoms with Crippen molar-refractivity contribution in [1.29, 1.82) is 0 Å². The molecule has 2 N–H and O–H groups in total. The van der Waals surface area contributed by atoms with Crippen molar-refractivity contribution >= 4 is 34.4 Å². The number of hydrogen-bond acceptors (Lipinski definition) is 5. The van der Waals surface area contributed by atoms with E-state index in [1.54, 1.807) is 36.3 Å². The number of ether oxygens (including phenoxy) is 2. The van der Waals surface area contributed by atoms with Gasteiger partial charge in [0, 0.05) is 42.2 Å². The minimum Gasteiger partial charge on any atom is -0.497 e. The van der Waals surface area contributed by atoms with Crippen molar-refractivity contribution in [3.05, 3.63) is 60.3 Å². The molecule has 166 valence electrons. The Hall–Kier alpha value is -3.81. The summed E-state index contributed by atoms with van der Waals surface area (Å²) in [7, 11) is 2.87. The molecular formula is C24H25N3O5. The average Bonchev–Trinajstić information content (AvgIpc) is 3.41. The van der Waals surface area contributed by atoms with E-state index in [9.17, 15) is 14.4 Å². The molecule has 32 heavy (non-hydrogen) atoms. The molecule has 1 aliphatic heterocycles. The molecule has 8 heteroatoms. The number of nitrogens with one attached hydrogen (secondary N) is 2. The zero-order valence-electron chi connectivity index (χ0n) is 18.0. The maximum absolute atomic E-state index is 13.0. The number of carbonyl (C=O) groups is 3. The van der Waals surface area contributed by atoms with E-state index in [0.29, 0.717) is 11.4 Å². The number of nitrogens with zero attached hydrogens (tertiary/aromatic N) is 1. The van der Waals surface area contributed by atoms with Gasteiger partial charge in [-0.05, 0) is 35.9 Å². The highest BCUT2D eigenvalue weighted by molar-refractivity contribution is 6.01. The molecule has 1 fully saturated rings. The first-order chi connectivity index (χ1) is 15.5. The number of para-hydroxylation sites is 1. The predicted molar refractivity (Wildman–Crippen MR) is 119 cm³/mol. The van der Waals surface area contributed by atoms with E-state index in [2.05, 4.69) is 10.3 Å².